The molecule has 0 radical (unpaired) electrons. The maximum absolute atomic E-state index is 12.2. The van der Waals surface area contributed by atoms with Gasteiger partial charge in [0.25, 0.3) is 0 Å². The van der Waals surface area contributed by atoms with Crippen molar-refractivity contribution in [3.8, 4) is 0 Å². The third kappa shape index (κ3) is 3.48. The summed E-state index contributed by atoms with van der Waals surface area (Å²) in [5.74, 6) is -1.50. The van der Waals surface area contributed by atoms with Crippen LogP contribution in [-0.2, 0) is 9.47 Å². The van der Waals surface area contributed by atoms with E-state index in [1.54, 1.807) is 44.2 Å². The Morgan fingerprint density at radius 2 is 1.70 bits per heavy atom. The summed E-state index contributed by atoms with van der Waals surface area (Å²) >= 11 is 0. The Hall–Kier alpha value is -2.89. The van der Waals surface area contributed by atoms with Gasteiger partial charge in [0.1, 0.15) is 0 Å². The van der Waals surface area contributed by atoms with Gasteiger partial charge in [-0.3, -0.25) is 4.79 Å². The Labute approximate surface area is 133 Å². The summed E-state index contributed by atoms with van der Waals surface area (Å²) in [5.41, 5.74) is 1.95. The molecule has 0 spiro atoms. The van der Waals surface area contributed by atoms with Crippen molar-refractivity contribution in [2.75, 3.05) is 13.7 Å². The van der Waals surface area contributed by atoms with Crippen molar-refractivity contribution in [1.29, 1.82) is 0 Å². The maximum atomic E-state index is 12.2. The first kappa shape index (κ1) is 16.5. The molecule has 2 rings (SSSR count). The number of hydrogen-bond donors (Lipinski definition) is 1. The third-order valence-electron chi connectivity index (χ3n) is 3.45. The van der Waals surface area contributed by atoms with Crippen LogP contribution in [0.15, 0.2) is 30.3 Å². The van der Waals surface area contributed by atoms with Crippen molar-refractivity contribution >= 4 is 17.7 Å². The Balaban J connectivity index is 2.10. The minimum atomic E-state index is -0.576. The summed E-state index contributed by atoms with van der Waals surface area (Å²) in [4.78, 5) is 38.6. The SMILES string of the molecule is COC(=O)c1c(C)[nH]c(C(=O)COC(=O)c2ccccc2)c1C. The van der Waals surface area contributed by atoms with E-state index in [2.05, 4.69) is 4.98 Å². The van der Waals surface area contributed by atoms with E-state index < -0.39 is 24.3 Å². The van der Waals surface area contributed by atoms with Gasteiger partial charge in [-0.25, -0.2) is 9.59 Å². The summed E-state index contributed by atoms with van der Waals surface area (Å²) in [6, 6.07) is 8.40. The number of nitrogens with one attached hydrogen (secondary N) is 1. The number of aromatic amines is 1. The first-order valence-corrected chi connectivity index (χ1v) is 6.98. The van der Waals surface area contributed by atoms with Gasteiger partial charge in [0.2, 0.25) is 5.78 Å². The normalized spacial score (nSPS) is 10.2. The molecule has 0 aliphatic heterocycles. The molecule has 0 saturated heterocycles. The lowest BCUT2D eigenvalue weighted by atomic mass is 10.1. The fraction of sp³-hybridized carbons (Fsp3) is 0.235. The second kappa shape index (κ2) is 6.91. The molecule has 1 N–H and O–H groups in total. The van der Waals surface area contributed by atoms with Crippen molar-refractivity contribution in [3.05, 3.63) is 58.4 Å². The fourth-order valence-electron chi connectivity index (χ4n) is 2.30. The van der Waals surface area contributed by atoms with Crippen LogP contribution in [0.1, 0.15) is 42.5 Å². The Kier molecular flexibility index (Phi) is 4.95. The fourth-order valence-corrected chi connectivity index (χ4v) is 2.30. The van der Waals surface area contributed by atoms with Gasteiger partial charge in [0.05, 0.1) is 23.9 Å². The third-order valence-corrected chi connectivity index (χ3v) is 3.45. The standard InChI is InChI=1S/C17H17NO5/c1-10-14(17(21)22-3)11(2)18-15(10)13(19)9-23-16(20)12-7-5-4-6-8-12/h4-8,18H,9H2,1-3H3. The van der Waals surface area contributed by atoms with Gasteiger partial charge in [-0.05, 0) is 31.5 Å². The molecule has 0 unspecified atom stereocenters. The summed E-state index contributed by atoms with van der Waals surface area (Å²) < 4.78 is 9.70. The van der Waals surface area contributed by atoms with E-state index in [-0.39, 0.29) is 5.69 Å². The highest BCUT2D eigenvalue weighted by molar-refractivity contribution is 6.03. The van der Waals surface area contributed by atoms with Crippen LogP contribution in [0.3, 0.4) is 0 Å². The molecule has 0 amide bonds. The number of Topliss-reactive ketones (excluding diaryl/α,β-unsaturated/α-hetero) is 1. The molecule has 0 aliphatic carbocycles. The van der Waals surface area contributed by atoms with Gasteiger partial charge in [-0.2, -0.15) is 0 Å². The average Bonchev–Trinajstić information content (AvgIpc) is 2.87. The van der Waals surface area contributed by atoms with Gasteiger partial charge >= 0.3 is 11.9 Å². The smallest absolute Gasteiger partial charge is 0.339 e. The molecule has 6 heteroatoms. The molecule has 2 aromatic rings. The first-order chi connectivity index (χ1) is 11.0. The molecule has 0 aliphatic rings. The predicted octanol–water partition coefficient (Wildman–Crippen LogP) is 2.46. The lowest BCUT2D eigenvalue weighted by molar-refractivity contribution is 0.0473. The highest BCUT2D eigenvalue weighted by Gasteiger charge is 2.23. The van der Waals surface area contributed by atoms with Crippen LogP contribution in [0.2, 0.25) is 0 Å². The van der Waals surface area contributed by atoms with Crippen LogP contribution < -0.4 is 0 Å². The average molecular weight is 315 g/mol. The van der Waals surface area contributed by atoms with Crippen LogP contribution in [0.5, 0.6) is 0 Å². The number of carbonyl (C=O) groups is 3. The molecule has 1 heterocycles. The molecule has 23 heavy (non-hydrogen) atoms. The summed E-state index contributed by atoms with van der Waals surface area (Å²) in [6.07, 6.45) is 0. The molecule has 0 fully saturated rings. The Bertz CT molecular complexity index is 746. The lowest BCUT2D eigenvalue weighted by Crippen LogP contribution is -2.15. The zero-order valence-corrected chi connectivity index (χ0v) is 13.1. The first-order valence-electron chi connectivity index (χ1n) is 6.98. The van der Waals surface area contributed by atoms with E-state index in [0.717, 1.165) is 0 Å². The van der Waals surface area contributed by atoms with Crippen LogP contribution in [0.4, 0.5) is 0 Å². The van der Waals surface area contributed by atoms with E-state index in [1.807, 2.05) is 0 Å². The maximum Gasteiger partial charge on any atom is 0.339 e. The van der Waals surface area contributed by atoms with Gasteiger partial charge in [-0.1, -0.05) is 18.2 Å². The number of ether oxygens (including phenoxy) is 2. The van der Waals surface area contributed by atoms with Crippen molar-refractivity contribution in [2.24, 2.45) is 0 Å². The highest BCUT2D eigenvalue weighted by atomic mass is 16.5. The molecular weight excluding hydrogens is 298 g/mol. The molecule has 0 bridgehead atoms. The van der Waals surface area contributed by atoms with Crippen molar-refractivity contribution in [2.45, 2.75) is 13.8 Å². The number of H-pyrrole nitrogens is 1. The predicted molar refractivity (Wildman–Crippen MR) is 82.7 cm³/mol. The zero-order chi connectivity index (χ0) is 17.0. The summed E-state index contributed by atoms with van der Waals surface area (Å²) in [6.45, 7) is 2.91. The minimum Gasteiger partial charge on any atom is -0.465 e. The number of aromatic nitrogens is 1. The lowest BCUT2D eigenvalue weighted by Gasteiger charge is -2.04. The molecule has 1 aromatic heterocycles. The van der Waals surface area contributed by atoms with Gasteiger partial charge in [-0.15, -0.1) is 0 Å². The number of rotatable bonds is 5. The quantitative estimate of drug-likeness (QED) is 0.676. The number of methoxy groups -OCH3 is 1. The molecule has 6 nitrogen and oxygen atoms in total. The van der Waals surface area contributed by atoms with E-state index in [1.165, 1.54) is 7.11 Å². The van der Waals surface area contributed by atoms with Gasteiger partial charge < -0.3 is 14.5 Å². The van der Waals surface area contributed by atoms with E-state index in [9.17, 15) is 14.4 Å². The number of esters is 2. The van der Waals surface area contributed by atoms with E-state index >= 15 is 0 Å². The molecule has 120 valence electrons. The number of carbonyl (C=O) groups excluding carboxylic acids is 3. The number of benzene rings is 1. The van der Waals surface area contributed by atoms with Crippen molar-refractivity contribution < 1.29 is 23.9 Å². The van der Waals surface area contributed by atoms with Crippen LogP contribution in [0.25, 0.3) is 0 Å². The van der Waals surface area contributed by atoms with Gasteiger partial charge in [0, 0.05) is 5.69 Å². The van der Waals surface area contributed by atoms with Crippen LogP contribution in [0, 0.1) is 13.8 Å². The molecule has 0 saturated carbocycles. The second-order valence-electron chi connectivity index (χ2n) is 4.98. The van der Waals surface area contributed by atoms with E-state index in [4.69, 9.17) is 9.47 Å². The molecule has 0 atom stereocenters. The van der Waals surface area contributed by atoms with Crippen molar-refractivity contribution in [1.82, 2.24) is 4.98 Å². The molecular formula is C17H17NO5. The second-order valence-corrected chi connectivity index (χ2v) is 4.98. The number of aryl methyl sites for hydroxylation is 1. The number of hydrogen-bond acceptors (Lipinski definition) is 5. The zero-order valence-electron chi connectivity index (χ0n) is 13.1. The van der Waals surface area contributed by atoms with Crippen molar-refractivity contribution in [3.63, 3.8) is 0 Å². The summed E-state index contributed by atoms with van der Waals surface area (Å²) in [7, 11) is 1.28. The molecule has 1 aromatic carbocycles. The van der Waals surface area contributed by atoms with E-state index in [0.29, 0.717) is 22.4 Å². The van der Waals surface area contributed by atoms with Crippen LogP contribution >= 0.6 is 0 Å². The monoisotopic (exact) mass is 315 g/mol. The largest absolute Gasteiger partial charge is 0.465 e. The number of ketones is 1. The minimum absolute atomic E-state index is 0.240. The topological polar surface area (TPSA) is 85.5 Å². The highest BCUT2D eigenvalue weighted by Crippen LogP contribution is 2.19. The van der Waals surface area contributed by atoms with Gasteiger partial charge in [0.15, 0.2) is 6.61 Å². The Morgan fingerprint density at radius 3 is 2.30 bits per heavy atom. The van der Waals surface area contributed by atoms with Crippen LogP contribution in [-0.4, -0.2) is 36.4 Å². The summed E-state index contributed by atoms with van der Waals surface area (Å²) in [5, 5.41) is 0. The Morgan fingerprint density at radius 1 is 1.04 bits per heavy atom.